The molecule has 70 valence electrons. The van der Waals surface area contributed by atoms with Crippen molar-refractivity contribution < 1.29 is 5.11 Å². The van der Waals surface area contributed by atoms with E-state index in [2.05, 4.69) is 36.1 Å². The maximum absolute atomic E-state index is 9.37. The first-order chi connectivity index (χ1) is 6.25. The van der Waals surface area contributed by atoms with Gasteiger partial charge in [-0.2, -0.15) is 0 Å². The van der Waals surface area contributed by atoms with Crippen LogP contribution in [0.15, 0.2) is 24.3 Å². The summed E-state index contributed by atoms with van der Waals surface area (Å²) < 4.78 is 0. The molecule has 1 saturated heterocycles. The summed E-state index contributed by atoms with van der Waals surface area (Å²) in [5.41, 5.74) is 2.51. The Kier molecular flexibility index (Phi) is 2.23. The molecule has 0 bridgehead atoms. The first-order valence-corrected chi connectivity index (χ1v) is 4.75. The zero-order valence-corrected chi connectivity index (χ0v) is 7.90. The third kappa shape index (κ3) is 1.83. The Morgan fingerprint density at radius 2 is 2.00 bits per heavy atom. The number of hydrogen-bond acceptors (Lipinski definition) is 2. The van der Waals surface area contributed by atoms with Crippen LogP contribution in [-0.4, -0.2) is 24.3 Å². The summed E-state index contributed by atoms with van der Waals surface area (Å²) in [6.07, 6.45) is 0.759. The molecule has 0 aromatic heterocycles. The second-order valence-electron chi connectivity index (χ2n) is 3.72. The van der Waals surface area contributed by atoms with Crippen LogP contribution >= 0.6 is 0 Å². The van der Waals surface area contributed by atoms with Crippen molar-refractivity contribution in [3.05, 3.63) is 29.8 Å². The van der Waals surface area contributed by atoms with Crippen molar-refractivity contribution in [1.82, 2.24) is 0 Å². The van der Waals surface area contributed by atoms with E-state index in [4.69, 9.17) is 0 Å². The van der Waals surface area contributed by atoms with Crippen LogP contribution in [0, 0.1) is 6.92 Å². The van der Waals surface area contributed by atoms with Crippen molar-refractivity contribution in [1.29, 1.82) is 0 Å². The molecular weight excluding hydrogens is 162 g/mol. The van der Waals surface area contributed by atoms with Gasteiger partial charge >= 0.3 is 0 Å². The van der Waals surface area contributed by atoms with Crippen LogP contribution < -0.4 is 4.90 Å². The van der Waals surface area contributed by atoms with Crippen LogP contribution in [0.25, 0.3) is 0 Å². The summed E-state index contributed by atoms with van der Waals surface area (Å²) >= 11 is 0. The van der Waals surface area contributed by atoms with Crippen molar-refractivity contribution in [2.45, 2.75) is 19.4 Å². The lowest BCUT2D eigenvalue weighted by Gasteiger charge is -2.17. The quantitative estimate of drug-likeness (QED) is 0.703. The van der Waals surface area contributed by atoms with Crippen LogP contribution in [0.4, 0.5) is 5.69 Å². The van der Waals surface area contributed by atoms with Crippen LogP contribution in [-0.2, 0) is 0 Å². The molecule has 0 unspecified atom stereocenters. The standard InChI is InChI=1S/C11H15NO/c1-9-2-4-10(5-3-9)12-7-6-11(13)8-12/h2-5,11,13H,6-8H2,1H3/t11-/m0/s1. The lowest BCUT2D eigenvalue weighted by atomic mass is 10.2. The van der Waals surface area contributed by atoms with Gasteiger partial charge in [0.05, 0.1) is 6.10 Å². The summed E-state index contributed by atoms with van der Waals surface area (Å²) in [6, 6.07) is 8.46. The zero-order chi connectivity index (χ0) is 9.26. The summed E-state index contributed by atoms with van der Waals surface area (Å²) in [7, 11) is 0. The molecule has 0 aliphatic carbocycles. The van der Waals surface area contributed by atoms with E-state index in [0.717, 1.165) is 19.5 Å². The fourth-order valence-corrected chi connectivity index (χ4v) is 1.73. The molecule has 0 radical (unpaired) electrons. The Morgan fingerprint density at radius 1 is 1.31 bits per heavy atom. The Morgan fingerprint density at radius 3 is 2.54 bits per heavy atom. The highest BCUT2D eigenvalue weighted by molar-refractivity contribution is 5.48. The summed E-state index contributed by atoms with van der Waals surface area (Å²) in [5.74, 6) is 0. The maximum Gasteiger partial charge on any atom is 0.0731 e. The van der Waals surface area contributed by atoms with E-state index < -0.39 is 0 Å². The first kappa shape index (κ1) is 8.57. The van der Waals surface area contributed by atoms with Crippen molar-refractivity contribution in [2.24, 2.45) is 0 Å². The molecule has 13 heavy (non-hydrogen) atoms. The minimum Gasteiger partial charge on any atom is -0.391 e. The van der Waals surface area contributed by atoms with E-state index in [1.165, 1.54) is 11.3 Å². The van der Waals surface area contributed by atoms with Gasteiger partial charge in [-0.1, -0.05) is 17.7 Å². The van der Waals surface area contributed by atoms with Gasteiger partial charge in [-0.15, -0.1) is 0 Å². The Balaban J connectivity index is 2.13. The van der Waals surface area contributed by atoms with E-state index in [9.17, 15) is 5.11 Å². The van der Waals surface area contributed by atoms with Gasteiger partial charge in [0, 0.05) is 18.8 Å². The summed E-state index contributed by atoms with van der Waals surface area (Å²) in [5, 5.41) is 9.37. The SMILES string of the molecule is Cc1ccc(N2CC[C@H](O)C2)cc1. The number of aryl methyl sites for hydroxylation is 1. The molecular formula is C11H15NO. The molecule has 1 heterocycles. The minimum absolute atomic E-state index is 0.138. The van der Waals surface area contributed by atoms with E-state index in [1.807, 2.05) is 0 Å². The van der Waals surface area contributed by atoms with Crippen LogP contribution in [0.5, 0.6) is 0 Å². The van der Waals surface area contributed by atoms with E-state index in [0.29, 0.717) is 0 Å². The first-order valence-electron chi connectivity index (χ1n) is 4.75. The molecule has 1 aromatic rings. The fourth-order valence-electron chi connectivity index (χ4n) is 1.73. The molecule has 2 heteroatoms. The average Bonchev–Trinajstić information content (AvgIpc) is 2.53. The van der Waals surface area contributed by atoms with Crippen molar-refractivity contribution >= 4 is 5.69 Å². The Bertz CT molecular complexity index is 281. The highest BCUT2D eigenvalue weighted by Crippen LogP contribution is 2.20. The number of anilines is 1. The number of rotatable bonds is 1. The fraction of sp³-hybridized carbons (Fsp3) is 0.455. The Hall–Kier alpha value is -1.02. The molecule has 1 atom stereocenters. The van der Waals surface area contributed by atoms with Gasteiger partial charge in [-0.3, -0.25) is 0 Å². The van der Waals surface area contributed by atoms with Gasteiger partial charge in [0.25, 0.3) is 0 Å². The lowest BCUT2D eigenvalue weighted by Crippen LogP contribution is -2.20. The number of benzene rings is 1. The third-order valence-corrected chi connectivity index (χ3v) is 2.56. The molecule has 1 fully saturated rings. The predicted molar refractivity (Wildman–Crippen MR) is 54.0 cm³/mol. The number of β-amino-alcohol motifs (C(OH)–C–C–N with tert-alkyl or cyclic N) is 1. The molecule has 1 N–H and O–H groups in total. The number of aliphatic hydroxyl groups excluding tert-OH is 1. The van der Waals surface area contributed by atoms with E-state index in [-0.39, 0.29) is 6.10 Å². The topological polar surface area (TPSA) is 23.5 Å². The molecule has 1 aromatic carbocycles. The van der Waals surface area contributed by atoms with Gasteiger partial charge < -0.3 is 10.0 Å². The molecule has 1 aliphatic heterocycles. The van der Waals surface area contributed by atoms with Gasteiger partial charge in [0.1, 0.15) is 0 Å². The van der Waals surface area contributed by atoms with Crippen LogP contribution in [0.2, 0.25) is 0 Å². The number of nitrogens with zero attached hydrogens (tertiary/aromatic N) is 1. The van der Waals surface area contributed by atoms with Gasteiger partial charge in [-0.25, -0.2) is 0 Å². The zero-order valence-electron chi connectivity index (χ0n) is 7.90. The average molecular weight is 177 g/mol. The van der Waals surface area contributed by atoms with Crippen LogP contribution in [0.1, 0.15) is 12.0 Å². The Labute approximate surface area is 78.8 Å². The highest BCUT2D eigenvalue weighted by atomic mass is 16.3. The van der Waals surface area contributed by atoms with Crippen molar-refractivity contribution in [3.63, 3.8) is 0 Å². The summed E-state index contributed by atoms with van der Waals surface area (Å²) in [4.78, 5) is 2.23. The van der Waals surface area contributed by atoms with E-state index in [1.54, 1.807) is 0 Å². The lowest BCUT2D eigenvalue weighted by molar-refractivity contribution is 0.198. The molecule has 0 amide bonds. The second-order valence-corrected chi connectivity index (χ2v) is 3.72. The number of aliphatic hydroxyl groups is 1. The third-order valence-electron chi connectivity index (χ3n) is 2.56. The molecule has 2 nitrogen and oxygen atoms in total. The maximum atomic E-state index is 9.37. The summed E-state index contributed by atoms with van der Waals surface area (Å²) in [6.45, 7) is 3.84. The molecule has 1 aliphatic rings. The highest BCUT2D eigenvalue weighted by Gasteiger charge is 2.19. The molecule has 2 rings (SSSR count). The smallest absolute Gasteiger partial charge is 0.0731 e. The largest absolute Gasteiger partial charge is 0.391 e. The molecule has 0 spiro atoms. The van der Waals surface area contributed by atoms with Crippen molar-refractivity contribution in [2.75, 3.05) is 18.0 Å². The number of hydrogen-bond donors (Lipinski definition) is 1. The monoisotopic (exact) mass is 177 g/mol. The van der Waals surface area contributed by atoms with Crippen molar-refractivity contribution in [3.8, 4) is 0 Å². The van der Waals surface area contributed by atoms with E-state index >= 15 is 0 Å². The van der Waals surface area contributed by atoms with Gasteiger partial charge in [-0.05, 0) is 25.5 Å². The van der Waals surface area contributed by atoms with Gasteiger partial charge in [0.15, 0.2) is 0 Å². The van der Waals surface area contributed by atoms with Crippen LogP contribution in [0.3, 0.4) is 0 Å². The normalized spacial score (nSPS) is 22.3. The van der Waals surface area contributed by atoms with Gasteiger partial charge in [0.2, 0.25) is 0 Å². The minimum atomic E-state index is -0.138. The molecule has 0 saturated carbocycles. The predicted octanol–water partition coefficient (Wildman–Crippen LogP) is 1.57. The second kappa shape index (κ2) is 3.38.